The van der Waals surface area contributed by atoms with Crippen LogP contribution < -0.4 is 0 Å². The third-order valence-corrected chi connectivity index (χ3v) is 7.17. The summed E-state index contributed by atoms with van der Waals surface area (Å²) in [6, 6.07) is 0. The SMILES string of the molecule is O=C(O)CC(C(=O)O)C(C(=O)O)C(OP(=O)(O)C(CC(=O)O)C(=O)O)(C(=O)O)P(=O)(O)O. The molecule has 5 atom stereocenters. The number of rotatable bonds is 14. The Balaban J connectivity index is 7.23. The molecule has 0 fully saturated rings. The smallest absolute Gasteiger partial charge is 0.370 e. The molecule has 18 nitrogen and oxygen atoms in total. The van der Waals surface area contributed by atoms with Crippen molar-refractivity contribution >= 4 is 51.0 Å². The second-order valence-corrected chi connectivity index (χ2v) is 9.70. The molecule has 0 heterocycles. The van der Waals surface area contributed by atoms with E-state index in [-0.39, 0.29) is 0 Å². The highest BCUT2D eigenvalue weighted by Crippen LogP contribution is 2.65. The lowest BCUT2D eigenvalue weighted by Gasteiger charge is -2.38. The number of hydrogen-bond donors (Lipinski definition) is 9. The van der Waals surface area contributed by atoms with Gasteiger partial charge in [-0.3, -0.25) is 37.6 Å². The van der Waals surface area contributed by atoms with Gasteiger partial charge < -0.3 is 45.3 Å². The van der Waals surface area contributed by atoms with Crippen LogP contribution in [0.4, 0.5) is 0 Å². The Kier molecular flexibility index (Phi) is 9.24. The van der Waals surface area contributed by atoms with Crippen molar-refractivity contribution in [3.63, 3.8) is 0 Å². The van der Waals surface area contributed by atoms with Crippen LogP contribution in [0.25, 0.3) is 0 Å². The maximum absolute atomic E-state index is 12.4. The minimum absolute atomic E-state index is 1.78. The molecule has 5 unspecified atom stereocenters. The molecule has 0 bridgehead atoms. The van der Waals surface area contributed by atoms with E-state index in [4.69, 9.17) is 20.4 Å². The fourth-order valence-corrected chi connectivity index (χ4v) is 5.57. The van der Waals surface area contributed by atoms with Crippen LogP contribution in [-0.4, -0.2) is 92.1 Å². The maximum atomic E-state index is 12.4. The highest BCUT2D eigenvalue weighted by molar-refractivity contribution is 7.58. The Morgan fingerprint density at radius 2 is 1.16 bits per heavy atom. The molecule has 182 valence electrons. The zero-order valence-electron chi connectivity index (χ0n) is 15.2. The van der Waals surface area contributed by atoms with E-state index in [1.807, 2.05) is 0 Å². The van der Waals surface area contributed by atoms with Crippen molar-refractivity contribution in [2.24, 2.45) is 11.8 Å². The number of carboxylic acid groups (broad SMARTS) is 6. The molecule has 0 aromatic carbocycles. The summed E-state index contributed by atoms with van der Waals surface area (Å²) in [5, 5.41) is 49.4. The Hall–Kier alpha value is -2.88. The summed E-state index contributed by atoms with van der Waals surface area (Å²) >= 11 is 0. The first-order valence-electron chi connectivity index (χ1n) is 7.66. The minimum Gasteiger partial charge on any atom is -0.481 e. The first-order chi connectivity index (χ1) is 14.2. The number of carbonyl (C=O) groups is 6. The molecule has 0 amide bonds. The van der Waals surface area contributed by atoms with Gasteiger partial charge in [0.2, 0.25) is 0 Å². The molecule has 20 heteroatoms. The number of hydrogen-bond acceptors (Lipinski definition) is 9. The van der Waals surface area contributed by atoms with Crippen LogP contribution in [-0.2, 0) is 42.4 Å². The summed E-state index contributed by atoms with van der Waals surface area (Å²) in [4.78, 5) is 96.7. The number of aliphatic carboxylic acids is 6. The van der Waals surface area contributed by atoms with Crippen LogP contribution in [0.2, 0.25) is 0 Å². The van der Waals surface area contributed by atoms with Gasteiger partial charge in [0.15, 0.2) is 5.66 Å². The summed E-state index contributed by atoms with van der Waals surface area (Å²) < 4.78 is 28.4. The van der Waals surface area contributed by atoms with E-state index in [1.54, 1.807) is 0 Å². The topological polar surface area (TPSA) is 328 Å². The van der Waals surface area contributed by atoms with E-state index in [2.05, 4.69) is 4.52 Å². The van der Waals surface area contributed by atoms with Crippen LogP contribution in [0.15, 0.2) is 0 Å². The van der Waals surface area contributed by atoms with E-state index in [0.717, 1.165) is 0 Å². The van der Waals surface area contributed by atoms with Crippen LogP contribution >= 0.6 is 15.2 Å². The van der Waals surface area contributed by atoms with E-state index in [1.165, 1.54) is 0 Å². The van der Waals surface area contributed by atoms with Crippen LogP contribution in [0.5, 0.6) is 0 Å². The Morgan fingerprint density at radius 1 is 0.719 bits per heavy atom. The molecule has 0 aliphatic carbocycles. The van der Waals surface area contributed by atoms with Gasteiger partial charge >= 0.3 is 51.0 Å². The van der Waals surface area contributed by atoms with Gasteiger partial charge in [0.25, 0.3) is 5.34 Å². The molecule has 0 aromatic rings. The molecule has 0 rings (SSSR count). The predicted octanol–water partition coefficient (Wildman–Crippen LogP) is -2.05. The van der Waals surface area contributed by atoms with E-state index < -0.39 is 86.7 Å². The Labute approximate surface area is 175 Å². The predicted molar refractivity (Wildman–Crippen MR) is 91.5 cm³/mol. The normalized spacial score (nSPS) is 18.2. The summed E-state index contributed by atoms with van der Waals surface area (Å²) in [5.41, 5.74) is -3.09. The maximum Gasteiger partial charge on any atom is 0.370 e. The lowest BCUT2D eigenvalue weighted by Crippen LogP contribution is -2.55. The van der Waals surface area contributed by atoms with Gasteiger partial charge in [0.05, 0.1) is 18.8 Å². The summed E-state index contributed by atoms with van der Waals surface area (Å²) in [6.45, 7) is 0. The molecule has 0 saturated carbocycles. The number of carboxylic acids is 6. The van der Waals surface area contributed by atoms with Gasteiger partial charge in [-0.25, -0.2) is 4.79 Å². The van der Waals surface area contributed by atoms with Crippen LogP contribution in [0.3, 0.4) is 0 Å². The van der Waals surface area contributed by atoms with Gasteiger partial charge in [-0.15, -0.1) is 0 Å². The molecule has 32 heavy (non-hydrogen) atoms. The Bertz CT molecular complexity index is 917. The van der Waals surface area contributed by atoms with Crippen molar-refractivity contribution < 1.29 is 87.7 Å². The van der Waals surface area contributed by atoms with Crippen molar-refractivity contribution in [3.8, 4) is 0 Å². The van der Waals surface area contributed by atoms with Crippen LogP contribution in [0, 0.1) is 11.8 Å². The molecule has 0 radical (unpaired) electrons. The highest BCUT2D eigenvalue weighted by atomic mass is 31.2. The van der Waals surface area contributed by atoms with Gasteiger partial charge in [0, 0.05) is 0 Å². The largest absolute Gasteiger partial charge is 0.481 e. The second-order valence-electron chi connectivity index (χ2n) is 6.01. The van der Waals surface area contributed by atoms with Crippen molar-refractivity contribution in [2.45, 2.75) is 23.8 Å². The molecular formula is C12H16O18P2. The first-order valence-corrected chi connectivity index (χ1v) is 10.9. The zero-order chi connectivity index (χ0) is 25.8. The van der Waals surface area contributed by atoms with Crippen LogP contribution in [0.1, 0.15) is 12.8 Å². The molecule has 0 aliphatic rings. The quantitative estimate of drug-likeness (QED) is 0.113. The van der Waals surface area contributed by atoms with E-state index in [0.29, 0.717) is 0 Å². The van der Waals surface area contributed by atoms with E-state index >= 15 is 0 Å². The summed E-state index contributed by atoms with van der Waals surface area (Å²) in [6.07, 6.45) is -3.56. The lowest BCUT2D eigenvalue weighted by atomic mass is 9.84. The molecule has 0 spiro atoms. The van der Waals surface area contributed by atoms with Gasteiger partial charge in [-0.2, -0.15) is 0 Å². The van der Waals surface area contributed by atoms with Crippen molar-refractivity contribution in [2.75, 3.05) is 0 Å². The second kappa shape index (κ2) is 10.2. The molecular weight excluding hydrogens is 494 g/mol. The van der Waals surface area contributed by atoms with Crippen molar-refractivity contribution in [3.05, 3.63) is 0 Å². The van der Waals surface area contributed by atoms with Gasteiger partial charge in [0.1, 0.15) is 5.92 Å². The monoisotopic (exact) mass is 510 g/mol. The average molecular weight is 510 g/mol. The minimum atomic E-state index is -6.74. The molecule has 0 aliphatic heterocycles. The molecule has 9 N–H and O–H groups in total. The Morgan fingerprint density at radius 3 is 1.41 bits per heavy atom. The fourth-order valence-electron chi connectivity index (χ4n) is 2.51. The average Bonchev–Trinajstić information content (AvgIpc) is 2.55. The fraction of sp³-hybridized carbons (Fsp3) is 0.500. The first kappa shape index (κ1) is 29.1. The standard InChI is InChI=1S/C12H16O18P2/c13-5(14)1-3(8(17)18)7(10(21)22)12(11(23)24,32(27,28)29)30-31(25,26)4(9(19)20)2-6(15)16/h3-4,7H,1-2H2,(H,13,14)(H,15,16)(H,17,18)(H,19,20)(H,21,22)(H,23,24)(H,25,26)(H2,27,28,29). The third-order valence-electron chi connectivity index (χ3n) is 3.86. The molecule has 0 saturated heterocycles. The van der Waals surface area contributed by atoms with Crippen molar-refractivity contribution in [1.29, 1.82) is 0 Å². The zero-order valence-corrected chi connectivity index (χ0v) is 17.0. The summed E-state index contributed by atoms with van der Waals surface area (Å²) in [5.74, 6) is -21.5. The van der Waals surface area contributed by atoms with Gasteiger partial charge in [-0.1, -0.05) is 0 Å². The highest BCUT2D eigenvalue weighted by Gasteiger charge is 2.70. The van der Waals surface area contributed by atoms with Gasteiger partial charge in [-0.05, 0) is 0 Å². The van der Waals surface area contributed by atoms with E-state index in [9.17, 15) is 62.8 Å². The molecule has 0 aromatic heterocycles. The van der Waals surface area contributed by atoms with Crippen molar-refractivity contribution in [1.82, 2.24) is 0 Å². The third kappa shape index (κ3) is 6.32. The lowest BCUT2D eigenvalue weighted by molar-refractivity contribution is -0.173. The summed E-state index contributed by atoms with van der Waals surface area (Å²) in [7, 11) is -13.1.